The van der Waals surface area contributed by atoms with Crippen molar-refractivity contribution < 1.29 is 27.6 Å². The van der Waals surface area contributed by atoms with Crippen LogP contribution in [0, 0.1) is 0 Å². The van der Waals surface area contributed by atoms with E-state index in [1.165, 1.54) is 18.2 Å². The quantitative estimate of drug-likeness (QED) is 0.698. The Balaban J connectivity index is 1.28. The van der Waals surface area contributed by atoms with Crippen LogP contribution in [0.3, 0.4) is 0 Å². The molecular weight excluding hydrogens is 461 g/mol. The second kappa shape index (κ2) is 10.5. The first kappa shape index (κ1) is 24.7. The maximum atomic E-state index is 13.1. The molecule has 0 saturated carbocycles. The fourth-order valence-corrected chi connectivity index (χ4v) is 4.39. The van der Waals surface area contributed by atoms with E-state index in [0.29, 0.717) is 44.7 Å². The number of nitrogens with zero attached hydrogens (tertiary/aromatic N) is 3. The molecule has 0 bridgehead atoms. The zero-order chi connectivity index (χ0) is 25.0. The van der Waals surface area contributed by atoms with Gasteiger partial charge in [0.05, 0.1) is 17.8 Å². The van der Waals surface area contributed by atoms with Gasteiger partial charge in [0.2, 0.25) is 11.8 Å². The summed E-state index contributed by atoms with van der Waals surface area (Å²) in [6, 6.07) is 11.9. The minimum absolute atomic E-state index is 0.0627. The zero-order valence-corrected chi connectivity index (χ0v) is 19.2. The van der Waals surface area contributed by atoms with Gasteiger partial charge >= 0.3 is 6.18 Å². The van der Waals surface area contributed by atoms with Crippen molar-refractivity contribution >= 4 is 29.1 Å². The van der Waals surface area contributed by atoms with Crippen LogP contribution in [0.4, 0.5) is 24.5 Å². The van der Waals surface area contributed by atoms with Gasteiger partial charge in [0.25, 0.3) is 5.91 Å². The standard InChI is InChI=1S/C25H27F3N4O3/c26-25(27,28)20-5-1-2-6-21(20)29-22(33)17-30-13-15-31(16-14-30)24(35)18-8-10-19(11-9-18)32-12-4-3-7-23(32)34/h1-2,5-6,8-11H,3-4,7,12-17H2,(H,29,33). The largest absolute Gasteiger partial charge is 0.418 e. The highest BCUT2D eigenvalue weighted by atomic mass is 19.4. The van der Waals surface area contributed by atoms with Gasteiger partial charge in [0.15, 0.2) is 0 Å². The summed E-state index contributed by atoms with van der Waals surface area (Å²) in [5.74, 6) is -0.577. The number of piperidine rings is 1. The van der Waals surface area contributed by atoms with E-state index < -0.39 is 17.6 Å². The number of halogens is 3. The summed E-state index contributed by atoms with van der Waals surface area (Å²) in [5, 5.41) is 2.35. The van der Waals surface area contributed by atoms with Crippen LogP contribution in [0.25, 0.3) is 0 Å². The van der Waals surface area contributed by atoms with Crippen LogP contribution in [0.1, 0.15) is 35.2 Å². The molecule has 0 aliphatic carbocycles. The van der Waals surface area contributed by atoms with Crippen LogP contribution in [-0.2, 0) is 15.8 Å². The van der Waals surface area contributed by atoms with E-state index >= 15 is 0 Å². The van der Waals surface area contributed by atoms with E-state index in [1.807, 2.05) is 0 Å². The first-order valence-electron chi connectivity index (χ1n) is 11.6. The lowest BCUT2D eigenvalue weighted by Crippen LogP contribution is -2.50. The van der Waals surface area contributed by atoms with Crippen molar-refractivity contribution in [1.82, 2.24) is 9.80 Å². The van der Waals surface area contributed by atoms with Gasteiger partial charge in [-0.3, -0.25) is 19.3 Å². The number of nitrogens with one attached hydrogen (secondary N) is 1. The van der Waals surface area contributed by atoms with Gasteiger partial charge in [0.1, 0.15) is 0 Å². The topological polar surface area (TPSA) is 73.0 Å². The fourth-order valence-electron chi connectivity index (χ4n) is 4.39. The summed E-state index contributed by atoms with van der Waals surface area (Å²) in [6.07, 6.45) is -2.15. The number of carbonyl (C=O) groups is 3. The van der Waals surface area contributed by atoms with E-state index in [9.17, 15) is 27.6 Å². The van der Waals surface area contributed by atoms with E-state index in [1.54, 1.807) is 39.0 Å². The lowest BCUT2D eigenvalue weighted by Gasteiger charge is -2.34. The highest BCUT2D eigenvalue weighted by Crippen LogP contribution is 2.34. The van der Waals surface area contributed by atoms with Gasteiger partial charge in [-0.2, -0.15) is 13.2 Å². The number of hydrogen-bond donors (Lipinski definition) is 1. The Morgan fingerprint density at radius 3 is 2.23 bits per heavy atom. The van der Waals surface area contributed by atoms with Gasteiger partial charge in [-0.15, -0.1) is 0 Å². The Kier molecular flexibility index (Phi) is 7.39. The van der Waals surface area contributed by atoms with Crippen LogP contribution in [0.5, 0.6) is 0 Å². The normalized spacial score (nSPS) is 17.4. The number of carbonyl (C=O) groups excluding carboxylic acids is 3. The molecule has 2 saturated heterocycles. The van der Waals surface area contributed by atoms with Gasteiger partial charge in [0, 0.05) is 50.4 Å². The van der Waals surface area contributed by atoms with Crippen LogP contribution >= 0.6 is 0 Å². The Bertz CT molecular complexity index is 1080. The summed E-state index contributed by atoms with van der Waals surface area (Å²) in [7, 11) is 0. The van der Waals surface area contributed by atoms with Gasteiger partial charge < -0.3 is 15.1 Å². The second-order valence-corrected chi connectivity index (χ2v) is 8.71. The molecule has 0 radical (unpaired) electrons. The molecule has 2 fully saturated rings. The number of anilines is 2. The molecule has 7 nitrogen and oxygen atoms in total. The minimum Gasteiger partial charge on any atom is -0.336 e. The molecule has 0 atom stereocenters. The van der Waals surface area contributed by atoms with Gasteiger partial charge in [-0.05, 0) is 49.2 Å². The SMILES string of the molecule is O=C(CN1CCN(C(=O)c2ccc(N3CCCCC3=O)cc2)CC1)Nc1ccccc1C(F)(F)F. The maximum Gasteiger partial charge on any atom is 0.418 e. The third-order valence-electron chi connectivity index (χ3n) is 6.28. The first-order valence-corrected chi connectivity index (χ1v) is 11.6. The fraction of sp³-hybridized carbons (Fsp3) is 0.400. The number of hydrogen-bond acceptors (Lipinski definition) is 4. The number of para-hydroxylation sites is 1. The molecule has 0 spiro atoms. The molecule has 2 aliphatic heterocycles. The highest BCUT2D eigenvalue weighted by molar-refractivity contribution is 5.97. The van der Waals surface area contributed by atoms with Crippen molar-refractivity contribution in [2.45, 2.75) is 25.4 Å². The summed E-state index contributed by atoms with van der Waals surface area (Å²) in [6.45, 7) is 2.28. The van der Waals surface area contributed by atoms with Crippen molar-refractivity contribution in [2.24, 2.45) is 0 Å². The first-order chi connectivity index (χ1) is 16.7. The maximum absolute atomic E-state index is 13.1. The summed E-state index contributed by atoms with van der Waals surface area (Å²) >= 11 is 0. The Morgan fingerprint density at radius 2 is 1.57 bits per heavy atom. The number of piperazine rings is 1. The lowest BCUT2D eigenvalue weighted by molar-refractivity contribution is -0.137. The summed E-state index contributed by atoms with van der Waals surface area (Å²) in [5.41, 5.74) is 0.148. The van der Waals surface area contributed by atoms with Crippen molar-refractivity contribution in [2.75, 3.05) is 49.5 Å². The molecule has 3 amide bonds. The number of benzene rings is 2. The molecular formula is C25H27F3N4O3. The molecule has 0 aromatic heterocycles. The van der Waals surface area contributed by atoms with Crippen LogP contribution in [0.2, 0.25) is 0 Å². The smallest absolute Gasteiger partial charge is 0.336 e. The van der Waals surface area contributed by atoms with E-state index in [-0.39, 0.29) is 24.0 Å². The highest BCUT2D eigenvalue weighted by Gasteiger charge is 2.33. The third kappa shape index (κ3) is 6.00. The van der Waals surface area contributed by atoms with Crippen molar-refractivity contribution in [3.63, 3.8) is 0 Å². The second-order valence-electron chi connectivity index (χ2n) is 8.71. The predicted molar refractivity (Wildman–Crippen MR) is 125 cm³/mol. The van der Waals surface area contributed by atoms with Gasteiger partial charge in [-0.25, -0.2) is 0 Å². The molecule has 4 rings (SSSR count). The van der Waals surface area contributed by atoms with E-state index in [2.05, 4.69) is 5.32 Å². The third-order valence-corrected chi connectivity index (χ3v) is 6.28. The Hall–Kier alpha value is -3.40. The molecule has 2 aromatic rings. The van der Waals surface area contributed by atoms with Crippen molar-refractivity contribution in [3.8, 4) is 0 Å². The average Bonchev–Trinajstić information content (AvgIpc) is 2.84. The molecule has 0 unspecified atom stereocenters. The molecule has 1 N–H and O–H groups in total. The summed E-state index contributed by atoms with van der Waals surface area (Å²) in [4.78, 5) is 42.6. The van der Waals surface area contributed by atoms with Gasteiger partial charge in [-0.1, -0.05) is 12.1 Å². The lowest BCUT2D eigenvalue weighted by atomic mass is 10.1. The Morgan fingerprint density at radius 1 is 0.886 bits per heavy atom. The number of rotatable bonds is 5. The molecule has 10 heteroatoms. The zero-order valence-electron chi connectivity index (χ0n) is 19.2. The molecule has 35 heavy (non-hydrogen) atoms. The minimum atomic E-state index is -4.56. The summed E-state index contributed by atoms with van der Waals surface area (Å²) < 4.78 is 39.4. The average molecular weight is 489 g/mol. The Labute approximate surface area is 201 Å². The predicted octanol–water partition coefficient (Wildman–Crippen LogP) is 3.62. The molecule has 2 aliphatic rings. The van der Waals surface area contributed by atoms with E-state index in [4.69, 9.17) is 0 Å². The number of alkyl halides is 3. The van der Waals surface area contributed by atoms with Crippen molar-refractivity contribution in [3.05, 3.63) is 59.7 Å². The van der Waals surface area contributed by atoms with Crippen molar-refractivity contribution in [1.29, 1.82) is 0 Å². The molecule has 186 valence electrons. The monoisotopic (exact) mass is 488 g/mol. The molecule has 2 aromatic carbocycles. The van der Waals surface area contributed by atoms with Crippen LogP contribution in [-0.4, -0.2) is 66.8 Å². The number of amides is 3. The molecule has 2 heterocycles. The van der Waals surface area contributed by atoms with Crippen LogP contribution in [0.15, 0.2) is 48.5 Å². The van der Waals surface area contributed by atoms with E-state index in [0.717, 1.165) is 24.6 Å². The van der Waals surface area contributed by atoms with Crippen LogP contribution < -0.4 is 10.2 Å².